The molecular weight excluding hydrogens is 200 g/mol. The molecule has 1 aromatic carbocycles. The summed E-state index contributed by atoms with van der Waals surface area (Å²) >= 11 is 0. The summed E-state index contributed by atoms with van der Waals surface area (Å²) < 4.78 is 5.16. The Morgan fingerprint density at radius 1 is 1.53 bits per heavy atom. The summed E-state index contributed by atoms with van der Waals surface area (Å²) in [4.78, 5) is 9.99. The van der Waals surface area contributed by atoms with Crippen molar-refractivity contribution < 1.29 is 14.8 Å². The van der Waals surface area contributed by atoms with Gasteiger partial charge in [-0.2, -0.15) is 0 Å². The van der Waals surface area contributed by atoms with Crippen LogP contribution in [0, 0.1) is 10.1 Å². The number of nitrogens with zero attached hydrogens (tertiary/aromatic N) is 1. The molecule has 0 aliphatic rings. The van der Waals surface area contributed by atoms with E-state index in [9.17, 15) is 10.1 Å². The van der Waals surface area contributed by atoms with Crippen LogP contribution >= 0.6 is 0 Å². The highest BCUT2D eigenvalue weighted by Crippen LogP contribution is 2.23. The first kappa shape index (κ1) is 11.4. The summed E-state index contributed by atoms with van der Waals surface area (Å²) in [7, 11) is 0. The van der Waals surface area contributed by atoms with Gasteiger partial charge in [-0.1, -0.05) is 0 Å². The molecule has 0 unspecified atom stereocenters. The summed E-state index contributed by atoms with van der Waals surface area (Å²) in [6, 6.07) is 4.19. The van der Waals surface area contributed by atoms with Crippen LogP contribution in [0.3, 0.4) is 0 Å². The van der Waals surface area contributed by atoms with Crippen LogP contribution < -0.4 is 10.5 Å². The fraction of sp³-hybridized carbons (Fsp3) is 0.333. The van der Waals surface area contributed by atoms with Crippen molar-refractivity contribution in [3.63, 3.8) is 0 Å². The van der Waals surface area contributed by atoms with Crippen molar-refractivity contribution in [3.8, 4) is 5.75 Å². The van der Waals surface area contributed by atoms with Crippen molar-refractivity contribution in [2.75, 3.05) is 13.2 Å². The molecule has 0 aliphatic carbocycles. The predicted octanol–water partition coefficient (Wildman–Crippen LogP) is 0.425. The second-order valence-electron chi connectivity index (χ2n) is 2.83. The predicted molar refractivity (Wildman–Crippen MR) is 53.6 cm³/mol. The zero-order valence-electron chi connectivity index (χ0n) is 8.05. The number of ether oxygens (including phenoxy) is 1. The third-order valence-electron chi connectivity index (χ3n) is 1.82. The van der Waals surface area contributed by atoms with E-state index in [0.29, 0.717) is 11.3 Å². The van der Waals surface area contributed by atoms with Crippen molar-refractivity contribution in [2.45, 2.75) is 6.54 Å². The zero-order chi connectivity index (χ0) is 11.3. The van der Waals surface area contributed by atoms with Gasteiger partial charge in [-0.3, -0.25) is 10.1 Å². The smallest absolute Gasteiger partial charge is 0.270 e. The Bertz CT molecular complexity index is 354. The first-order valence-electron chi connectivity index (χ1n) is 4.40. The van der Waals surface area contributed by atoms with Gasteiger partial charge in [-0.25, -0.2) is 0 Å². The quantitative estimate of drug-likeness (QED) is 0.544. The Morgan fingerprint density at radius 2 is 2.27 bits per heavy atom. The Morgan fingerprint density at radius 3 is 2.80 bits per heavy atom. The largest absolute Gasteiger partial charge is 0.491 e. The van der Waals surface area contributed by atoms with E-state index >= 15 is 0 Å². The molecular formula is C9H12N2O4. The summed E-state index contributed by atoms with van der Waals surface area (Å²) in [5.41, 5.74) is 5.96. The molecule has 0 aliphatic heterocycles. The Labute approximate surface area is 86.4 Å². The average molecular weight is 212 g/mol. The normalized spacial score (nSPS) is 10.0. The van der Waals surface area contributed by atoms with Crippen LogP contribution in [0.5, 0.6) is 5.75 Å². The monoisotopic (exact) mass is 212 g/mol. The van der Waals surface area contributed by atoms with E-state index < -0.39 is 4.92 Å². The van der Waals surface area contributed by atoms with E-state index in [1.54, 1.807) is 0 Å². The fourth-order valence-corrected chi connectivity index (χ4v) is 1.14. The molecule has 6 nitrogen and oxygen atoms in total. The molecule has 0 spiro atoms. The first-order chi connectivity index (χ1) is 7.19. The highest BCUT2D eigenvalue weighted by molar-refractivity contribution is 5.43. The number of benzene rings is 1. The standard InChI is InChI=1S/C9H12N2O4/c10-6-7-5-8(11(13)14)1-2-9(7)15-4-3-12/h1-2,5,12H,3-4,6,10H2. The number of hydrogen-bond acceptors (Lipinski definition) is 5. The van der Waals surface area contributed by atoms with Gasteiger partial charge in [0.25, 0.3) is 5.69 Å². The van der Waals surface area contributed by atoms with Crippen LogP contribution in [0.15, 0.2) is 18.2 Å². The molecule has 1 rings (SSSR count). The summed E-state index contributed by atoms with van der Waals surface area (Å²) in [6.45, 7) is 0.189. The third kappa shape index (κ3) is 2.90. The Hall–Kier alpha value is -1.66. The molecule has 0 aromatic heterocycles. The number of non-ortho nitro benzene ring substituents is 1. The van der Waals surface area contributed by atoms with Crippen molar-refractivity contribution in [1.82, 2.24) is 0 Å². The van der Waals surface area contributed by atoms with Crippen LogP contribution in [0.2, 0.25) is 0 Å². The Balaban J connectivity index is 2.93. The van der Waals surface area contributed by atoms with Gasteiger partial charge >= 0.3 is 0 Å². The number of nitrogens with two attached hydrogens (primary N) is 1. The van der Waals surface area contributed by atoms with E-state index in [2.05, 4.69) is 0 Å². The highest BCUT2D eigenvalue weighted by atomic mass is 16.6. The SMILES string of the molecule is NCc1cc([N+](=O)[O-])ccc1OCCO. The lowest BCUT2D eigenvalue weighted by Crippen LogP contribution is -2.06. The average Bonchev–Trinajstić information content (AvgIpc) is 2.25. The number of aliphatic hydroxyl groups excluding tert-OH is 1. The summed E-state index contributed by atoms with van der Waals surface area (Å²) in [5, 5.41) is 19.0. The molecule has 0 bridgehead atoms. The van der Waals surface area contributed by atoms with E-state index in [0.717, 1.165) is 0 Å². The molecule has 6 heteroatoms. The minimum absolute atomic E-state index is 0.0215. The van der Waals surface area contributed by atoms with Crippen LogP contribution in [0.25, 0.3) is 0 Å². The molecule has 1 aromatic rings. The molecule has 0 amide bonds. The van der Waals surface area contributed by atoms with Gasteiger partial charge in [0, 0.05) is 24.2 Å². The van der Waals surface area contributed by atoms with Crippen LogP contribution in [0.1, 0.15) is 5.56 Å². The second-order valence-corrected chi connectivity index (χ2v) is 2.83. The van der Waals surface area contributed by atoms with E-state index in [-0.39, 0.29) is 25.4 Å². The second kappa shape index (κ2) is 5.28. The van der Waals surface area contributed by atoms with E-state index in [1.165, 1.54) is 18.2 Å². The first-order valence-corrected chi connectivity index (χ1v) is 4.40. The van der Waals surface area contributed by atoms with Crippen molar-refractivity contribution in [1.29, 1.82) is 0 Å². The maximum absolute atomic E-state index is 10.5. The molecule has 15 heavy (non-hydrogen) atoms. The molecule has 0 saturated carbocycles. The summed E-state index contributed by atoms with van der Waals surface area (Å²) in [5.74, 6) is 0.470. The summed E-state index contributed by atoms with van der Waals surface area (Å²) in [6.07, 6.45) is 0. The van der Waals surface area contributed by atoms with Gasteiger partial charge < -0.3 is 15.6 Å². The van der Waals surface area contributed by atoms with Gasteiger partial charge in [0.05, 0.1) is 11.5 Å². The lowest BCUT2D eigenvalue weighted by atomic mass is 10.2. The minimum atomic E-state index is -0.491. The van der Waals surface area contributed by atoms with Gasteiger partial charge in [-0.15, -0.1) is 0 Å². The molecule has 0 heterocycles. The number of hydrogen-bond donors (Lipinski definition) is 2. The molecule has 0 saturated heterocycles. The van der Waals surface area contributed by atoms with Crippen LogP contribution in [0.4, 0.5) is 5.69 Å². The lowest BCUT2D eigenvalue weighted by molar-refractivity contribution is -0.384. The van der Waals surface area contributed by atoms with Gasteiger partial charge in [0.2, 0.25) is 0 Å². The maximum atomic E-state index is 10.5. The number of rotatable bonds is 5. The lowest BCUT2D eigenvalue weighted by Gasteiger charge is -2.08. The van der Waals surface area contributed by atoms with Crippen molar-refractivity contribution in [3.05, 3.63) is 33.9 Å². The topological polar surface area (TPSA) is 98.6 Å². The fourth-order valence-electron chi connectivity index (χ4n) is 1.14. The van der Waals surface area contributed by atoms with Crippen LogP contribution in [-0.2, 0) is 6.54 Å². The van der Waals surface area contributed by atoms with E-state index in [4.69, 9.17) is 15.6 Å². The van der Waals surface area contributed by atoms with E-state index in [1.807, 2.05) is 0 Å². The molecule has 0 fully saturated rings. The minimum Gasteiger partial charge on any atom is -0.491 e. The molecule has 0 atom stereocenters. The highest BCUT2D eigenvalue weighted by Gasteiger charge is 2.10. The van der Waals surface area contributed by atoms with Gasteiger partial charge in [0.15, 0.2) is 0 Å². The molecule has 0 radical (unpaired) electrons. The maximum Gasteiger partial charge on any atom is 0.270 e. The van der Waals surface area contributed by atoms with Crippen molar-refractivity contribution in [2.24, 2.45) is 5.73 Å². The van der Waals surface area contributed by atoms with Gasteiger partial charge in [0.1, 0.15) is 12.4 Å². The number of aliphatic hydroxyl groups is 1. The van der Waals surface area contributed by atoms with Crippen molar-refractivity contribution >= 4 is 5.69 Å². The third-order valence-corrected chi connectivity index (χ3v) is 1.82. The van der Waals surface area contributed by atoms with Crippen LogP contribution in [-0.4, -0.2) is 23.2 Å². The Kier molecular flexibility index (Phi) is 4.02. The number of nitro groups is 1. The zero-order valence-corrected chi connectivity index (χ0v) is 8.05. The molecule has 82 valence electrons. The molecule has 3 N–H and O–H groups in total. The number of nitro benzene ring substituents is 1. The van der Waals surface area contributed by atoms with Gasteiger partial charge in [-0.05, 0) is 6.07 Å².